The van der Waals surface area contributed by atoms with E-state index in [1.165, 1.54) is 0 Å². The maximum atomic E-state index is 10.7. The van der Waals surface area contributed by atoms with Gasteiger partial charge >= 0.3 is 5.97 Å². The van der Waals surface area contributed by atoms with Crippen LogP contribution in [0.5, 0.6) is 0 Å². The number of halogens is 1. The third-order valence-electron chi connectivity index (χ3n) is 2.15. The van der Waals surface area contributed by atoms with E-state index in [2.05, 4.69) is 0 Å². The van der Waals surface area contributed by atoms with Gasteiger partial charge in [0.05, 0.1) is 0 Å². The predicted octanol–water partition coefficient (Wildman–Crippen LogP) is 2.04. The molecule has 3 nitrogen and oxygen atoms in total. The number of aliphatic carboxylic acids is 1. The second-order valence-corrected chi connectivity index (χ2v) is 3.68. The molecule has 0 radical (unpaired) electrons. The van der Waals surface area contributed by atoms with Crippen LogP contribution in [0, 0.1) is 13.8 Å². The number of carboxylic acid groups (broad SMARTS) is 1. The molecule has 0 heterocycles. The molecule has 76 valence electrons. The largest absolute Gasteiger partial charge is 0.480 e. The van der Waals surface area contributed by atoms with Gasteiger partial charge in [0, 0.05) is 5.02 Å². The van der Waals surface area contributed by atoms with Crippen LogP contribution in [0.15, 0.2) is 12.1 Å². The number of aryl methyl sites for hydroxylation is 2. The monoisotopic (exact) mass is 213 g/mol. The van der Waals surface area contributed by atoms with Gasteiger partial charge in [-0.1, -0.05) is 17.7 Å². The Morgan fingerprint density at radius 3 is 2.50 bits per heavy atom. The molecule has 1 aromatic rings. The van der Waals surface area contributed by atoms with Crippen LogP contribution >= 0.6 is 11.6 Å². The average Bonchev–Trinajstić information content (AvgIpc) is 2.10. The number of hydrogen-bond donors (Lipinski definition) is 2. The first-order valence-electron chi connectivity index (χ1n) is 4.18. The molecule has 0 fully saturated rings. The van der Waals surface area contributed by atoms with Crippen molar-refractivity contribution in [1.82, 2.24) is 0 Å². The molecule has 0 aliphatic rings. The lowest BCUT2D eigenvalue weighted by Gasteiger charge is -2.12. The lowest BCUT2D eigenvalue weighted by atomic mass is 9.99. The Morgan fingerprint density at radius 1 is 1.43 bits per heavy atom. The lowest BCUT2D eigenvalue weighted by Crippen LogP contribution is -2.21. The Balaban J connectivity index is 3.22. The summed E-state index contributed by atoms with van der Waals surface area (Å²) in [5.74, 6) is -1.03. The molecule has 0 aliphatic heterocycles. The molecule has 1 atom stereocenters. The highest BCUT2D eigenvalue weighted by Gasteiger charge is 2.17. The van der Waals surface area contributed by atoms with Crippen molar-refractivity contribution >= 4 is 17.6 Å². The molecule has 0 saturated carbocycles. The van der Waals surface area contributed by atoms with Crippen LogP contribution in [0.2, 0.25) is 5.02 Å². The fourth-order valence-corrected chi connectivity index (χ4v) is 1.49. The first-order valence-corrected chi connectivity index (χ1v) is 4.56. The molecule has 0 spiro atoms. The first kappa shape index (κ1) is 11.0. The van der Waals surface area contributed by atoms with Crippen LogP contribution in [-0.4, -0.2) is 11.1 Å². The van der Waals surface area contributed by atoms with Crippen molar-refractivity contribution in [1.29, 1.82) is 0 Å². The Hall–Kier alpha value is -1.06. The number of benzene rings is 1. The summed E-state index contributed by atoms with van der Waals surface area (Å²) < 4.78 is 0. The van der Waals surface area contributed by atoms with Crippen molar-refractivity contribution in [3.8, 4) is 0 Å². The fourth-order valence-electron chi connectivity index (χ4n) is 1.27. The van der Waals surface area contributed by atoms with Crippen molar-refractivity contribution in [3.05, 3.63) is 33.8 Å². The molecule has 3 N–H and O–H groups in total. The second kappa shape index (κ2) is 3.98. The predicted molar refractivity (Wildman–Crippen MR) is 55.5 cm³/mol. The Kier molecular flexibility index (Phi) is 3.13. The van der Waals surface area contributed by atoms with E-state index in [0.29, 0.717) is 10.6 Å². The van der Waals surface area contributed by atoms with Crippen LogP contribution in [0.1, 0.15) is 22.7 Å². The average molecular weight is 214 g/mol. The van der Waals surface area contributed by atoms with Gasteiger partial charge in [0.25, 0.3) is 0 Å². The molecule has 1 rings (SSSR count). The van der Waals surface area contributed by atoms with E-state index >= 15 is 0 Å². The van der Waals surface area contributed by atoms with Crippen molar-refractivity contribution in [2.24, 2.45) is 5.73 Å². The molecular weight excluding hydrogens is 202 g/mol. The highest BCUT2D eigenvalue weighted by atomic mass is 35.5. The minimum atomic E-state index is -1.03. The number of nitrogens with two attached hydrogens (primary N) is 1. The van der Waals surface area contributed by atoms with Gasteiger partial charge in [0.2, 0.25) is 0 Å². The Bertz CT molecular complexity index is 377. The van der Waals surface area contributed by atoms with Crippen LogP contribution < -0.4 is 5.73 Å². The molecule has 0 amide bonds. The summed E-state index contributed by atoms with van der Waals surface area (Å²) in [6, 6.07) is 2.47. The zero-order chi connectivity index (χ0) is 10.9. The van der Waals surface area contributed by atoms with Crippen LogP contribution in [-0.2, 0) is 4.79 Å². The second-order valence-electron chi connectivity index (χ2n) is 3.27. The number of carboxylic acids is 1. The quantitative estimate of drug-likeness (QED) is 0.790. The third kappa shape index (κ3) is 2.05. The summed E-state index contributed by atoms with van der Waals surface area (Å²) >= 11 is 5.88. The van der Waals surface area contributed by atoms with Gasteiger partial charge in [-0.3, -0.25) is 4.79 Å². The molecule has 0 saturated heterocycles. The minimum absolute atomic E-state index is 0.611. The van der Waals surface area contributed by atoms with Gasteiger partial charge in [-0.2, -0.15) is 0 Å². The minimum Gasteiger partial charge on any atom is -0.480 e. The van der Waals surface area contributed by atoms with E-state index in [4.69, 9.17) is 22.4 Å². The standard InChI is InChI=1S/C10H12ClNO2/c1-5-4-8(11)6(2)3-7(5)9(12)10(13)14/h3-4,9H,12H2,1-2H3,(H,13,14). The maximum Gasteiger partial charge on any atom is 0.325 e. The number of carbonyl (C=O) groups is 1. The lowest BCUT2D eigenvalue weighted by molar-refractivity contribution is -0.138. The molecule has 0 aliphatic carbocycles. The first-order chi connectivity index (χ1) is 6.43. The van der Waals surface area contributed by atoms with E-state index in [1.807, 2.05) is 6.92 Å². The van der Waals surface area contributed by atoms with Crippen LogP contribution in [0.4, 0.5) is 0 Å². The molecule has 4 heteroatoms. The van der Waals surface area contributed by atoms with Crippen molar-refractivity contribution in [2.75, 3.05) is 0 Å². The van der Waals surface area contributed by atoms with Gasteiger partial charge in [-0.25, -0.2) is 0 Å². The summed E-state index contributed by atoms with van der Waals surface area (Å²) in [6.07, 6.45) is 0. The maximum absolute atomic E-state index is 10.7. The van der Waals surface area contributed by atoms with Gasteiger partial charge in [0.1, 0.15) is 6.04 Å². The smallest absolute Gasteiger partial charge is 0.325 e. The molecule has 0 aromatic heterocycles. The number of rotatable bonds is 2. The van der Waals surface area contributed by atoms with Crippen LogP contribution in [0.3, 0.4) is 0 Å². The molecule has 0 bridgehead atoms. The van der Waals surface area contributed by atoms with Gasteiger partial charge in [0.15, 0.2) is 0 Å². The molecular formula is C10H12ClNO2. The van der Waals surface area contributed by atoms with Gasteiger partial charge in [-0.15, -0.1) is 0 Å². The van der Waals surface area contributed by atoms with E-state index < -0.39 is 12.0 Å². The zero-order valence-corrected chi connectivity index (χ0v) is 8.80. The molecule has 14 heavy (non-hydrogen) atoms. The summed E-state index contributed by atoms with van der Waals surface area (Å²) in [5, 5.41) is 9.39. The van der Waals surface area contributed by atoms with Crippen molar-refractivity contribution in [2.45, 2.75) is 19.9 Å². The van der Waals surface area contributed by atoms with Crippen molar-refractivity contribution < 1.29 is 9.90 Å². The van der Waals surface area contributed by atoms with Crippen molar-refractivity contribution in [3.63, 3.8) is 0 Å². The van der Waals surface area contributed by atoms with Gasteiger partial charge < -0.3 is 10.8 Å². The van der Waals surface area contributed by atoms with E-state index in [0.717, 1.165) is 11.1 Å². The highest BCUT2D eigenvalue weighted by molar-refractivity contribution is 6.31. The SMILES string of the molecule is Cc1cc(C(N)C(=O)O)c(C)cc1Cl. The fraction of sp³-hybridized carbons (Fsp3) is 0.300. The molecule has 1 aromatic carbocycles. The van der Waals surface area contributed by atoms with E-state index in [9.17, 15) is 4.79 Å². The van der Waals surface area contributed by atoms with E-state index in [1.54, 1.807) is 19.1 Å². The normalized spacial score (nSPS) is 12.6. The summed E-state index contributed by atoms with van der Waals surface area (Å²) in [4.78, 5) is 10.7. The Labute approximate surface area is 87.5 Å². The van der Waals surface area contributed by atoms with E-state index in [-0.39, 0.29) is 0 Å². The summed E-state index contributed by atoms with van der Waals surface area (Å²) in [7, 11) is 0. The summed E-state index contributed by atoms with van der Waals surface area (Å²) in [6.45, 7) is 3.61. The Morgan fingerprint density at radius 2 is 2.00 bits per heavy atom. The van der Waals surface area contributed by atoms with Gasteiger partial charge in [-0.05, 0) is 36.6 Å². The van der Waals surface area contributed by atoms with Crippen LogP contribution in [0.25, 0.3) is 0 Å². The number of hydrogen-bond acceptors (Lipinski definition) is 2. The summed E-state index contributed by atoms with van der Waals surface area (Å²) in [5.41, 5.74) is 7.76. The molecule has 1 unspecified atom stereocenters. The zero-order valence-electron chi connectivity index (χ0n) is 8.04. The highest BCUT2D eigenvalue weighted by Crippen LogP contribution is 2.24. The third-order valence-corrected chi connectivity index (χ3v) is 2.56. The topological polar surface area (TPSA) is 63.3 Å².